The van der Waals surface area contributed by atoms with Crippen molar-refractivity contribution in [1.29, 1.82) is 0 Å². The molecule has 0 unspecified atom stereocenters. The minimum absolute atomic E-state index is 0.134. The second-order valence-corrected chi connectivity index (χ2v) is 9.43. The van der Waals surface area contributed by atoms with Crippen molar-refractivity contribution in [1.82, 2.24) is 4.31 Å². The summed E-state index contributed by atoms with van der Waals surface area (Å²) in [6.07, 6.45) is 1.23. The van der Waals surface area contributed by atoms with Gasteiger partial charge in [0.1, 0.15) is 5.82 Å². The molecule has 0 bridgehead atoms. The van der Waals surface area contributed by atoms with Crippen molar-refractivity contribution in [2.24, 2.45) is 5.92 Å². The van der Waals surface area contributed by atoms with Gasteiger partial charge in [0.15, 0.2) is 0 Å². The lowest BCUT2D eigenvalue weighted by Crippen LogP contribution is -2.44. The van der Waals surface area contributed by atoms with Gasteiger partial charge in [-0.05, 0) is 55.2 Å². The van der Waals surface area contributed by atoms with Gasteiger partial charge in [-0.2, -0.15) is 0 Å². The monoisotopic (exact) mass is 424 g/mol. The number of sulfonamides is 1. The highest BCUT2D eigenvalue weighted by atomic mass is 35.5. The number of hydrogen-bond acceptors (Lipinski definition) is 3. The number of amides is 1. The number of nitrogens with one attached hydrogen (secondary N) is 1. The number of piperidine rings is 1. The Labute approximate surface area is 169 Å². The molecular formula is C20H22ClFN2O3S. The van der Waals surface area contributed by atoms with Crippen molar-refractivity contribution in [3.63, 3.8) is 0 Å². The average Bonchev–Trinajstić information content (AvgIpc) is 2.66. The maximum atomic E-state index is 13.0. The zero-order valence-electron chi connectivity index (χ0n) is 15.5. The summed E-state index contributed by atoms with van der Waals surface area (Å²) in [4.78, 5) is 12.7. The van der Waals surface area contributed by atoms with E-state index >= 15 is 0 Å². The van der Waals surface area contributed by atoms with Gasteiger partial charge in [-0.1, -0.05) is 29.8 Å². The Morgan fingerprint density at radius 1 is 1.25 bits per heavy atom. The molecule has 0 aromatic heterocycles. The van der Waals surface area contributed by atoms with Crippen molar-refractivity contribution in [2.75, 3.05) is 18.4 Å². The van der Waals surface area contributed by atoms with Crippen molar-refractivity contribution < 1.29 is 17.6 Å². The first-order valence-corrected chi connectivity index (χ1v) is 11.0. The molecule has 1 saturated heterocycles. The molecule has 1 atom stereocenters. The molecule has 28 heavy (non-hydrogen) atoms. The number of anilines is 1. The van der Waals surface area contributed by atoms with E-state index in [1.54, 1.807) is 12.1 Å². The van der Waals surface area contributed by atoms with Gasteiger partial charge < -0.3 is 5.32 Å². The molecule has 1 amide bonds. The van der Waals surface area contributed by atoms with E-state index < -0.39 is 21.8 Å². The van der Waals surface area contributed by atoms with Gasteiger partial charge in [-0.15, -0.1) is 0 Å². The summed E-state index contributed by atoms with van der Waals surface area (Å²) in [5.41, 5.74) is 2.03. The summed E-state index contributed by atoms with van der Waals surface area (Å²) >= 11 is 5.99. The van der Waals surface area contributed by atoms with Crippen LogP contribution in [0.5, 0.6) is 0 Å². The van der Waals surface area contributed by atoms with E-state index in [1.165, 1.54) is 28.6 Å². The molecule has 8 heteroatoms. The SMILES string of the molecule is Cc1ccc(Cl)cc1NC(=O)[C@@H]1CCCN(S(=O)(=O)Cc2ccc(F)cc2)C1. The van der Waals surface area contributed by atoms with E-state index in [0.29, 0.717) is 35.7 Å². The van der Waals surface area contributed by atoms with Crippen LogP contribution >= 0.6 is 11.6 Å². The molecule has 1 heterocycles. The van der Waals surface area contributed by atoms with Crippen molar-refractivity contribution in [3.05, 3.63) is 64.4 Å². The van der Waals surface area contributed by atoms with Gasteiger partial charge in [0.05, 0.1) is 11.7 Å². The number of rotatable bonds is 5. The molecule has 2 aromatic rings. The summed E-state index contributed by atoms with van der Waals surface area (Å²) in [5.74, 6) is -1.27. The van der Waals surface area contributed by atoms with Crippen LogP contribution in [0.25, 0.3) is 0 Å². The Bertz CT molecular complexity index is 964. The van der Waals surface area contributed by atoms with Crippen LogP contribution in [0.15, 0.2) is 42.5 Å². The number of halogens is 2. The molecule has 5 nitrogen and oxygen atoms in total. The lowest BCUT2D eigenvalue weighted by Gasteiger charge is -2.31. The Morgan fingerprint density at radius 2 is 1.96 bits per heavy atom. The molecule has 0 radical (unpaired) electrons. The summed E-state index contributed by atoms with van der Waals surface area (Å²) in [7, 11) is -3.59. The maximum Gasteiger partial charge on any atom is 0.228 e. The third kappa shape index (κ3) is 5.10. The first-order chi connectivity index (χ1) is 13.2. The van der Waals surface area contributed by atoms with Gasteiger partial charge >= 0.3 is 0 Å². The normalized spacial score (nSPS) is 18.0. The molecule has 0 spiro atoms. The Balaban J connectivity index is 1.68. The second-order valence-electron chi connectivity index (χ2n) is 7.03. The van der Waals surface area contributed by atoms with Gasteiger partial charge in [-0.3, -0.25) is 4.79 Å². The number of benzene rings is 2. The fraction of sp³-hybridized carbons (Fsp3) is 0.350. The average molecular weight is 425 g/mol. The third-order valence-electron chi connectivity index (χ3n) is 4.87. The summed E-state index contributed by atoms with van der Waals surface area (Å²) in [6, 6.07) is 10.6. The maximum absolute atomic E-state index is 13.0. The molecule has 3 rings (SSSR count). The highest BCUT2D eigenvalue weighted by Gasteiger charge is 2.32. The van der Waals surface area contributed by atoms with Crippen LogP contribution in [0.4, 0.5) is 10.1 Å². The minimum Gasteiger partial charge on any atom is -0.326 e. The first kappa shape index (κ1) is 20.8. The molecule has 150 valence electrons. The fourth-order valence-corrected chi connectivity index (χ4v) is 5.04. The highest BCUT2D eigenvalue weighted by molar-refractivity contribution is 7.88. The lowest BCUT2D eigenvalue weighted by molar-refractivity contribution is -0.120. The predicted molar refractivity (Wildman–Crippen MR) is 108 cm³/mol. The number of aryl methyl sites for hydroxylation is 1. The van der Waals surface area contributed by atoms with E-state index in [4.69, 9.17) is 11.6 Å². The first-order valence-electron chi connectivity index (χ1n) is 9.04. The number of carbonyl (C=O) groups excluding carboxylic acids is 1. The molecule has 1 aliphatic rings. The van der Waals surface area contributed by atoms with Crippen LogP contribution in [0.1, 0.15) is 24.0 Å². The number of carbonyl (C=O) groups is 1. The Morgan fingerprint density at radius 3 is 2.68 bits per heavy atom. The van der Waals surface area contributed by atoms with E-state index in [9.17, 15) is 17.6 Å². The minimum atomic E-state index is -3.59. The summed E-state index contributed by atoms with van der Waals surface area (Å²) < 4.78 is 39.9. The van der Waals surface area contributed by atoms with Crippen molar-refractivity contribution in [2.45, 2.75) is 25.5 Å². The zero-order chi connectivity index (χ0) is 20.3. The van der Waals surface area contributed by atoms with Crippen LogP contribution in [0.3, 0.4) is 0 Å². The molecular weight excluding hydrogens is 403 g/mol. The van der Waals surface area contributed by atoms with Gasteiger partial charge in [-0.25, -0.2) is 17.1 Å². The van der Waals surface area contributed by atoms with Crippen molar-refractivity contribution in [3.8, 4) is 0 Å². The van der Waals surface area contributed by atoms with E-state index in [1.807, 2.05) is 13.0 Å². The fourth-order valence-electron chi connectivity index (χ4n) is 3.26. The van der Waals surface area contributed by atoms with Crippen LogP contribution in [-0.2, 0) is 20.6 Å². The Kier molecular flexibility index (Phi) is 6.37. The van der Waals surface area contributed by atoms with Crippen LogP contribution < -0.4 is 5.32 Å². The quantitative estimate of drug-likeness (QED) is 0.789. The third-order valence-corrected chi connectivity index (χ3v) is 6.92. The second kappa shape index (κ2) is 8.59. The predicted octanol–water partition coefficient (Wildman–Crippen LogP) is 3.97. The summed E-state index contributed by atoms with van der Waals surface area (Å²) in [6.45, 7) is 2.38. The van der Waals surface area contributed by atoms with E-state index in [2.05, 4.69) is 5.32 Å². The van der Waals surface area contributed by atoms with Gasteiger partial charge in [0, 0.05) is 23.8 Å². The van der Waals surface area contributed by atoms with E-state index in [-0.39, 0.29) is 18.2 Å². The van der Waals surface area contributed by atoms with Crippen LogP contribution in [0, 0.1) is 18.7 Å². The van der Waals surface area contributed by atoms with Crippen LogP contribution in [0.2, 0.25) is 5.02 Å². The zero-order valence-corrected chi connectivity index (χ0v) is 17.1. The van der Waals surface area contributed by atoms with Crippen LogP contribution in [-0.4, -0.2) is 31.7 Å². The molecule has 2 aromatic carbocycles. The standard InChI is InChI=1S/C20H22ClFN2O3S/c1-14-4-7-17(21)11-19(14)23-20(25)16-3-2-10-24(12-16)28(26,27)13-15-5-8-18(22)9-6-15/h4-9,11,16H,2-3,10,12-13H2,1H3,(H,23,25)/t16-/m1/s1. The molecule has 1 fully saturated rings. The largest absolute Gasteiger partial charge is 0.326 e. The molecule has 0 saturated carbocycles. The number of nitrogens with zero attached hydrogens (tertiary/aromatic N) is 1. The smallest absolute Gasteiger partial charge is 0.228 e. The highest BCUT2D eigenvalue weighted by Crippen LogP contribution is 2.25. The van der Waals surface area contributed by atoms with Gasteiger partial charge in [0.25, 0.3) is 0 Å². The van der Waals surface area contributed by atoms with Crippen molar-refractivity contribution >= 4 is 33.2 Å². The molecule has 1 N–H and O–H groups in total. The lowest BCUT2D eigenvalue weighted by atomic mass is 9.98. The number of hydrogen-bond donors (Lipinski definition) is 1. The summed E-state index contributed by atoms with van der Waals surface area (Å²) in [5, 5.41) is 3.38. The Hall–Kier alpha value is -1.96. The molecule has 1 aliphatic heterocycles. The van der Waals surface area contributed by atoms with E-state index in [0.717, 1.165) is 5.56 Å². The topological polar surface area (TPSA) is 66.5 Å². The molecule has 0 aliphatic carbocycles. The van der Waals surface area contributed by atoms with Gasteiger partial charge in [0.2, 0.25) is 15.9 Å².